The molecule has 1 heterocycles. The van der Waals surface area contributed by atoms with Crippen LogP contribution in [0.1, 0.15) is 15.9 Å². The van der Waals surface area contributed by atoms with Crippen LogP contribution in [0.25, 0.3) is 16.7 Å². The van der Waals surface area contributed by atoms with Gasteiger partial charge in [-0.2, -0.15) is 4.80 Å². The third-order valence-electron chi connectivity index (χ3n) is 4.08. The summed E-state index contributed by atoms with van der Waals surface area (Å²) in [5, 5.41) is 11.7. The first-order valence-corrected chi connectivity index (χ1v) is 8.11. The van der Waals surface area contributed by atoms with E-state index in [1.807, 2.05) is 43.3 Å². The van der Waals surface area contributed by atoms with Crippen molar-refractivity contribution in [2.75, 3.05) is 5.32 Å². The summed E-state index contributed by atoms with van der Waals surface area (Å²) >= 11 is 0. The van der Waals surface area contributed by atoms with E-state index in [1.165, 1.54) is 12.1 Å². The van der Waals surface area contributed by atoms with Gasteiger partial charge in [-0.3, -0.25) is 4.79 Å². The molecule has 4 rings (SSSR count). The lowest BCUT2D eigenvalue weighted by atomic mass is 10.1. The molecule has 0 fully saturated rings. The van der Waals surface area contributed by atoms with Crippen LogP contribution in [0, 0.1) is 12.7 Å². The zero-order valence-corrected chi connectivity index (χ0v) is 14.0. The van der Waals surface area contributed by atoms with Crippen molar-refractivity contribution in [2.24, 2.45) is 0 Å². The number of nitrogens with zero attached hydrogens (tertiary/aromatic N) is 3. The normalized spacial score (nSPS) is 10.8. The molecule has 0 saturated heterocycles. The summed E-state index contributed by atoms with van der Waals surface area (Å²) in [6, 6.07) is 19.0. The van der Waals surface area contributed by atoms with Crippen LogP contribution in [-0.4, -0.2) is 20.9 Å². The van der Waals surface area contributed by atoms with Crippen LogP contribution in [-0.2, 0) is 0 Å². The molecule has 0 bridgehead atoms. The summed E-state index contributed by atoms with van der Waals surface area (Å²) in [5.41, 5.74) is 3.60. The minimum absolute atomic E-state index is 0.0000585. The van der Waals surface area contributed by atoms with E-state index in [4.69, 9.17) is 0 Å². The van der Waals surface area contributed by atoms with E-state index < -0.39 is 11.7 Å². The van der Waals surface area contributed by atoms with Crippen molar-refractivity contribution in [3.8, 4) is 5.69 Å². The van der Waals surface area contributed by atoms with E-state index >= 15 is 0 Å². The molecule has 1 amide bonds. The molecule has 5 nitrogen and oxygen atoms in total. The van der Waals surface area contributed by atoms with E-state index in [2.05, 4.69) is 15.5 Å². The number of fused-ring (bicyclic) bond motifs is 1. The first kappa shape index (κ1) is 16.0. The Kier molecular flexibility index (Phi) is 3.93. The Morgan fingerprint density at radius 1 is 0.962 bits per heavy atom. The van der Waals surface area contributed by atoms with Crippen molar-refractivity contribution in [3.05, 3.63) is 83.7 Å². The highest BCUT2D eigenvalue weighted by Crippen LogP contribution is 2.23. The lowest BCUT2D eigenvalue weighted by Crippen LogP contribution is -2.14. The number of halogens is 1. The van der Waals surface area contributed by atoms with Gasteiger partial charge in [0.1, 0.15) is 16.9 Å². The summed E-state index contributed by atoms with van der Waals surface area (Å²) in [7, 11) is 0. The van der Waals surface area contributed by atoms with Crippen molar-refractivity contribution in [1.29, 1.82) is 0 Å². The molecule has 1 aromatic heterocycles. The third-order valence-corrected chi connectivity index (χ3v) is 4.08. The number of anilines is 1. The molecule has 1 N–H and O–H groups in total. The number of carbonyl (C=O) groups is 1. The van der Waals surface area contributed by atoms with Gasteiger partial charge in [-0.05, 0) is 48.9 Å². The molecular weight excluding hydrogens is 331 g/mol. The van der Waals surface area contributed by atoms with E-state index in [1.54, 1.807) is 23.0 Å². The summed E-state index contributed by atoms with van der Waals surface area (Å²) < 4.78 is 13.8. The first-order chi connectivity index (χ1) is 12.6. The van der Waals surface area contributed by atoms with Gasteiger partial charge in [0.05, 0.1) is 11.3 Å². The number of carbonyl (C=O) groups excluding carboxylic acids is 1. The maximum absolute atomic E-state index is 13.8. The van der Waals surface area contributed by atoms with Crippen molar-refractivity contribution < 1.29 is 9.18 Å². The van der Waals surface area contributed by atoms with Crippen LogP contribution in [0.4, 0.5) is 10.1 Å². The van der Waals surface area contributed by atoms with Gasteiger partial charge in [0.2, 0.25) is 0 Å². The van der Waals surface area contributed by atoms with E-state index in [0.29, 0.717) is 11.2 Å². The number of para-hydroxylation sites is 1. The maximum atomic E-state index is 13.8. The number of benzene rings is 3. The number of hydrogen-bond donors (Lipinski definition) is 1. The Bertz CT molecular complexity index is 1110. The molecule has 0 atom stereocenters. The average molecular weight is 346 g/mol. The zero-order chi connectivity index (χ0) is 18.1. The molecule has 4 aromatic rings. The lowest BCUT2D eigenvalue weighted by molar-refractivity contribution is 0.102. The van der Waals surface area contributed by atoms with Gasteiger partial charge >= 0.3 is 0 Å². The molecule has 26 heavy (non-hydrogen) atoms. The molecular formula is C20H15FN4O. The van der Waals surface area contributed by atoms with Crippen LogP contribution in [0.3, 0.4) is 0 Å². The Balaban J connectivity index is 1.69. The van der Waals surface area contributed by atoms with E-state index in [-0.39, 0.29) is 5.56 Å². The summed E-state index contributed by atoms with van der Waals surface area (Å²) in [6.07, 6.45) is 0. The minimum atomic E-state index is -0.557. The number of nitrogens with one attached hydrogen (secondary N) is 1. The van der Waals surface area contributed by atoms with Crippen LogP contribution in [0.15, 0.2) is 66.7 Å². The van der Waals surface area contributed by atoms with Crippen molar-refractivity contribution in [3.63, 3.8) is 0 Å². The topological polar surface area (TPSA) is 59.8 Å². The second kappa shape index (κ2) is 6.40. The monoisotopic (exact) mass is 346 g/mol. The number of rotatable bonds is 3. The zero-order valence-electron chi connectivity index (χ0n) is 14.0. The molecule has 0 aliphatic heterocycles. The number of hydrogen-bond acceptors (Lipinski definition) is 3. The second-order valence-electron chi connectivity index (χ2n) is 5.91. The quantitative estimate of drug-likeness (QED) is 0.607. The SMILES string of the molecule is Cc1cc2nn(-c3ccccc3)nc2cc1NC(=O)c1ccccc1F. The highest BCUT2D eigenvalue weighted by Gasteiger charge is 2.14. The Morgan fingerprint density at radius 2 is 1.62 bits per heavy atom. The number of amides is 1. The van der Waals surface area contributed by atoms with Gasteiger partial charge in [-0.1, -0.05) is 30.3 Å². The maximum Gasteiger partial charge on any atom is 0.258 e. The van der Waals surface area contributed by atoms with E-state index in [9.17, 15) is 9.18 Å². The van der Waals surface area contributed by atoms with Crippen molar-refractivity contribution in [1.82, 2.24) is 15.0 Å². The second-order valence-corrected chi connectivity index (χ2v) is 5.91. The number of aromatic nitrogens is 3. The number of aryl methyl sites for hydroxylation is 1. The van der Waals surface area contributed by atoms with Gasteiger partial charge in [0, 0.05) is 5.69 Å². The third kappa shape index (κ3) is 2.93. The van der Waals surface area contributed by atoms with E-state index in [0.717, 1.165) is 16.8 Å². The van der Waals surface area contributed by atoms with Crippen LogP contribution in [0.2, 0.25) is 0 Å². The highest BCUT2D eigenvalue weighted by atomic mass is 19.1. The largest absolute Gasteiger partial charge is 0.322 e. The average Bonchev–Trinajstić information content (AvgIpc) is 3.06. The predicted molar refractivity (Wildman–Crippen MR) is 98.0 cm³/mol. The molecule has 6 heteroatoms. The molecule has 128 valence electrons. The van der Waals surface area contributed by atoms with Crippen LogP contribution in [0.5, 0.6) is 0 Å². The smallest absolute Gasteiger partial charge is 0.258 e. The van der Waals surface area contributed by atoms with Crippen LogP contribution >= 0.6 is 0 Å². The van der Waals surface area contributed by atoms with Gasteiger partial charge in [-0.25, -0.2) is 4.39 Å². The Morgan fingerprint density at radius 3 is 2.35 bits per heavy atom. The van der Waals surface area contributed by atoms with Crippen LogP contribution < -0.4 is 5.32 Å². The van der Waals surface area contributed by atoms with Crippen molar-refractivity contribution in [2.45, 2.75) is 6.92 Å². The molecule has 0 aliphatic rings. The van der Waals surface area contributed by atoms with Gasteiger partial charge in [-0.15, -0.1) is 10.2 Å². The standard InChI is InChI=1S/C20H15FN4O/c1-13-11-18-19(24-25(23-18)14-7-3-2-4-8-14)12-17(13)22-20(26)15-9-5-6-10-16(15)21/h2-12H,1H3,(H,22,26). The fourth-order valence-electron chi connectivity index (χ4n) is 2.71. The molecule has 0 radical (unpaired) electrons. The molecule has 0 unspecified atom stereocenters. The summed E-state index contributed by atoms with van der Waals surface area (Å²) in [5.74, 6) is -1.06. The first-order valence-electron chi connectivity index (χ1n) is 8.11. The van der Waals surface area contributed by atoms with Gasteiger partial charge in [0.25, 0.3) is 5.91 Å². The fraction of sp³-hybridized carbons (Fsp3) is 0.0500. The van der Waals surface area contributed by atoms with Crippen molar-refractivity contribution >= 4 is 22.6 Å². The molecule has 0 saturated carbocycles. The molecule has 3 aromatic carbocycles. The predicted octanol–water partition coefficient (Wildman–Crippen LogP) is 4.12. The van der Waals surface area contributed by atoms with Gasteiger partial charge < -0.3 is 5.32 Å². The summed E-state index contributed by atoms with van der Waals surface area (Å²) in [6.45, 7) is 1.86. The highest BCUT2D eigenvalue weighted by molar-refractivity contribution is 6.05. The summed E-state index contributed by atoms with van der Waals surface area (Å²) in [4.78, 5) is 13.9. The Labute approximate surface area is 149 Å². The molecule has 0 aliphatic carbocycles. The molecule has 0 spiro atoms. The minimum Gasteiger partial charge on any atom is -0.322 e. The Hall–Kier alpha value is -3.54. The van der Waals surface area contributed by atoms with Gasteiger partial charge in [0.15, 0.2) is 0 Å². The lowest BCUT2D eigenvalue weighted by Gasteiger charge is -2.08. The fourth-order valence-corrected chi connectivity index (χ4v) is 2.71.